The van der Waals surface area contributed by atoms with Crippen molar-refractivity contribution in [1.82, 2.24) is 0 Å². The lowest BCUT2D eigenvalue weighted by Crippen LogP contribution is -2.20. The van der Waals surface area contributed by atoms with Gasteiger partial charge in [0, 0.05) is 15.9 Å². The van der Waals surface area contributed by atoms with E-state index in [1.807, 2.05) is 26.0 Å². The van der Waals surface area contributed by atoms with E-state index in [2.05, 4.69) is 15.9 Å². The van der Waals surface area contributed by atoms with Crippen molar-refractivity contribution in [1.29, 1.82) is 0 Å². The van der Waals surface area contributed by atoms with E-state index in [1.54, 1.807) is 18.2 Å². The molecule has 2 aromatic rings. The van der Waals surface area contributed by atoms with Crippen LogP contribution in [0.15, 0.2) is 34.8 Å². The Hall–Kier alpha value is -1.72. The maximum Gasteiger partial charge on any atom is 0.255 e. The standard InChI is InChI=1S/C18H19BrClNO3/c1-10(2)13-5-11(3-4-17(13)22)6-14-15(19)7-12(8-16(14)20)24-9-18(21)23/h3-5,7-8,10,22H,6,9H2,1-2H3,(H2,21,23). The molecule has 0 radical (unpaired) electrons. The van der Waals surface area contributed by atoms with E-state index in [-0.39, 0.29) is 12.5 Å². The maximum absolute atomic E-state index is 10.8. The first kappa shape index (κ1) is 18.6. The molecule has 3 N–H and O–H groups in total. The Morgan fingerprint density at radius 1 is 1.33 bits per heavy atom. The number of ether oxygens (including phenoxy) is 1. The number of hydrogen-bond donors (Lipinski definition) is 2. The van der Waals surface area contributed by atoms with Crippen LogP contribution in [0, 0.1) is 0 Å². The smallest absolute Gasteiger partial charge is 0.255 e. The van der Waals surface area contributed by atoms with Crippen LogP contribution in [0.4, 0.5) is 0 Å². The molecule has 0 aromatic heterocycles. The van der Waals surface area contributed by atoms with Crippen molar-refractivity contribution < 1.29 is 14.6 Å². The molecule has 0 aliphatic carbocycles. The number of hydrogen-bond acceptors (Lipinski definition) is 3. The van der Waals surface area contributed by atoms with Crippen molar-refractivity contribution in [2.75, 3.05) is 6.61 Å². The molecule has 0 fully saturated rings. The van der Waals surface area contributed by atoms with E-state index in [0.29, 0.717) is 22.9 Å². The fourth-order valence-corrected chi connectivity index (χ4v) is 3.34. The average molecular weight is 413 g/mol. The lowest BCUT2D eigenvalue weighted by Gasteiger charge is -2.13. The predicted molar refractivity (Wildman–Crippen MR) is 98.8 cm³/mol. The largest absolute Gasteiger partial charge is 0.508 e. The van der Waals surface area contributed by atoms with E-state index in [0.717, 1.165) is 21.2 Å². The zero-order valence-electron chi connectivity index (χ0n) is 13.5. The molecule has 0 spiro atoms. The van der Waals surface area contributed by atoms with Crippen molar-refractivity contribution >= 4 is 33.4 Å². The number of amides is 1. The molecular formula is C18H19BrClNO3. The summed E-state index contributed by atoms with van der Waals surface area (Å²) in [6, 6.07) is 8.99. The molecule has 128 valence electrons. The van der Waals surface area contributed by atoms with Gasteiger partial charge in [0.2, 0.25) is 0 Å². The zero-order chi connectivity index (χ0) is 17.9. The molecular weight excluding hydrogens is 394 g/mol. The SMILES string of the molecule is CC(C)c1cc(Cc2c(Cl)cc(OCC(N)=O)cc2Br)ccc1O. The Morgan fingerprint density at radius 2 is 2.04 bits per heavy atom. The number of carbonyl (C=O) groups excluding carboxylic acids is 1. The molecule has 6 heteroatoms. The third-order valence-electron chi connectivity index (χ3n) is 3.59. The van der Waals surface area contributed by atoms with Crippen molar-refractivity contribution in [3.8, 4) is 11.5 Å². The Balaban J connectivity index is 2.27. The number of rotatable bonds is 6. The summed E-state index contributed by atoms with van der Waals surface area (Å²) in [7, 11) is 0. The minimum Gasteiger partial charge on any atom is -0.508 e. The van der Waals surface area contributed by atoms with Crippen LogP contribution in [-0.4, -0.2) is 17.6 Å². The number of nitrogens with two attached hydrogens (primary N) is 1. The molecule has 0 bridgehead atoms. The van der Waals surface area contributed by atoms with E-state index < -0.39 is 5.91 Å². The lowest BCUT2D eigenvalue weighted by molar-refractivity contribution is -0.119. The average Bonchev–Trinajstić information content (AvgIpc) is 2.50. The Kier molecular flexibility index (Phi) is 6.13. The molecule has 0 heterocycles. The summed E-state index contributed by atoms with van der Waals surface area (Å²) in [4.78, 5) is 10.8. The highest BCUT2D eigenvalue weighted by Gasteiger charge is 2.12. The van der Waals surface area contributed by atoms with Gasteiger partial charge in [-0.15, -0.1) is 0 Å². The molecule has 2 aromatic carbocycles. The molecule has 0 aliphatic rings. The second-order valence-corrected chi connectivity index (χ2v) is 7.11. The Bertz CT molecular complexity index is 739. The van der Waals surface area contributed by atoms with Crippen molar-refractivity contribution in [3.63, 3.8) is 0 Å². The van der Waals surface area contributed by atoms with Crippen molar-refractivity contribution in [2.45, 2.75) is 26.2 Å². The van der Waals surface area contributed by atoms with Gasteiger partial charge in [-0.05, 0) is 40.8 Å². The van der Waals surface area contributed by atoms with Crippen LogP contribution in [0.5, 0.6) is 11.5 Å². The summed E-state index contributed by atoms with van der Waals surface area (Å²) < 4.78 is 6.06. The van der Waals surface area contributed by atoms with Crippen LogP contribution in [0.25, 0.3) is 0 Å². The molecule has 0 saturated carbocycles. The number of phenolic OH excluding ortho intramolecular Hbond substituents is 1. The van der Waals surface area contributed by atoms with Gasteiger partial charge in [-0.1, -0.05) is 53.5 Å². The van der Waals surface area contributed by atoms with E-state index >= 15 is 0 Å². The van der Waals surface area contributed by atoms with E-state index in [1.165, 1.54) is 0 Å². The highest BCUT2D eigenvalue weighted by atomic mass is 79.9. The van der Waals surface area contributed by atoms with E-state index in [4.69, 9.17) is 22.1 Å². The minimum absolute atomic E-state index is 0.197. The molecule has 2 rings (SSSR count). The number of halogens is 2. The fraction of sp³-hybridized carbons (Fsp3) is 0.278. The number of phenols is 1. The number of primary amides is 1. The van der Waals surface area contributed by atoms with Gasteiger partial charge in [-0.2, -0.15) is 0 Å². The number of aromatic hydroxyl groups is 1. The van der Waals surface area contributed by atoms with Gasteiger partial charge in [0.1, 0.15) is 11.5 Å². The zero-order valence-corrected chi connectivity index (χ0v) is 15.8. The van der Waals surface area contributed by atoms with Crippen molar-refractivity contribution in [2.24, 2.45) is 5.73 Å². The first-order chi connectivity index (χ1) is 11.3. The van der Waals surface area contributed by atoms with Gasteiger partial charge >= 0.3 is 0 Å². The third kappa shape index (κ3) is 4.65. The van der Waals surface area contributed by atoms with Crippen LogP contribution in [-0.2, 0) is 11.2 Å². The minimum atomic E-state index is -0.545. The number of benzene rings is 2. The molecule has 4 nitrogen and oxygen atoms in total. The summed E-state index contributed by atoms with van der Waals surface area (Å²) in [5.74, 6) is 0.460. The van der Waals surface area contributed by atoms with Gasteiger partial charge in [0.25, 0.3) is 5.91 Å². The summed E-state index contributed by atoms with van der Waals surface area (Å²) in [5, 5.41) is 10.5. The van der Waals surface area contributed by atoms with E-state index in [9.17, 15) is 9.90 Å². The van der Waals surface area contributed by atoms with Crippen LogP contribution in [0.1, 0.15) is 36.5 Å². The maximum atomic E-state index is 10.8. The second-order valence-electron chi connectivity index (χ2n) is 5.85. The highest BCUT2D eigenvalue weighted by molar-refractivity contribution is 9.10. The summed E-state index contributed by atoms with van der Waals surface area (Å²) in [6.07, 6.45) is 0.607. The molecule has 0 atom stereocenters. The van der Waals surface area contributed by atoms with Crippen LogP contribution in [0.2, 0.25) is 5.02 Å². The summed E-state index contributed by atoms with van der Waals surface area (Å²) in [6.45, 7) is 3.87. The molecule has 1 amide bonds. The normalized spacial score (nSPS) is 10.9. The Labute approximate surface area is 154 Å². The summed E-state index contributed by atoms with van der Waals surface area (Å²) in [5.41, 5.74) is 7.93. The first-order valence-electron chi connectivity index (χ1n) is 7.48. The van der Waals surface area contributed by atoms with Crippen LogP contribution in [0.3, 0.4) is 0 Å². The topological polar surface area (TPSA) is 72.5 Å². The Morgan fingerprint density at radius 3 is 2.62 bits per heavy atom. The lowest BCUT2D eigenvalue weighted by atomic mass is 9.96. The third-order valence-corrected chi connectivity index (χ3v) is 4.64. The van der Waals surface area contributed by atoms with Crippen molar-refractivity contribution in [3.05, 3.63) is 56.5 Å². The van der Waals surface area contributed by atoms with Gasteiger partial charge < -0.3 is 15.6 Å². The first-order valence-corrected chi connectivity index (χ1v) is 8.65. The van der Waals surface area contributed by atoms with Gasteiger partial charge in [-0.25, -0.2) is 0 Å². The highest BCUT2D eigenvalue weighted by Crippen LogP contribution is 2.34. The van der Waals surface area contributed by atoms with Gasteiger partial charge in [-0.3, -0.25) is 4.79 Å². The van der Waals surface area contributed by atoms with Crippen LogP contribution < -0.4 is 10.5 Å². The quantitative estimate of drug-likeness (QED) is 0.739. The van der Waals surface area contributed by atoms with Gasteiger partial charge in [0.15, 0.2) is 6.61 Å². The number of carbonyl (C=O) groups is 1. The fourth-order valence-electron chi connectivity index (χ4n) is 2.37. The van der Waals surface area contributed by atoms with Gasteiger partial charge in [0.05, 0.1) is 0 Å². The molecule has 0 unspecified atom stereocenters. The molecule has 24 heavy (non-hydrogen) atoms. The summed E-state index contributed by atoms with van der Waals surface area (Å²) >= 11 is 9.85. The molecule has 0 aliphatic heterocycles. The molecule has 0 saturated heterocycles. The second kappa shape index (κ2) is 7.90. The predicted octanol–water partition coefficient (Wildman–Crippen LogP) is 4.39. The van der Waals surface area contributed by atoms with Crippen LogP contribution >= 0.6 is 27.5 Å². The monoisotopic (exact) mass is 411 g/mol.